The Morgan fingerprint density at radius 2 is 0.667 bits per heavy atom. The number of hydrogen-bond acceptors (Lipinski definition) is 8. The van der Waals surface area contributed by atoms with Crippen molar-refractivity contribution < 1.29 is 39.8 Å². The van der Waals surface area contributed by atoms with Crippen LogP contribution in [-0.4, -0.2) is 87.5 Å². The molecule has 0 bridgehead atoms. The normalized spacial score (nSPS) is 18.5. The van der Waals surface area contributed by atoms with E-state index in [0.29, 0.717) is 12.8 Å². The molecule has 1 fully saturated rings. The second-order valence-electron chi connectivity index (χ2n) is 26.1. The average Bonchev–Trinajstić information content (AvgIpc) is 1.00. The summed E-state index contributed by atoms with van der Waals surface area (Å²) in [6.45, 7) is 3.74. The molecule has 0 saturated carbocycles. The van der Waals surface area contributed by atoms with Gasteiger partial charge in [0.15, 0.2) is 6.29 Å². The van der Waals surface area contributed by atoms with Crippen LogP contribution in [0.4, 0.5) is 0 Å². The highest BCUT2D eigenvalue weighted by Gasteiger charge is 2.44. The Labute approximate surface area is 572 Å². The molecule has 532 valence electrons. The van der Waals surface area contributed by atoms with E-state index in [0.717, 1.165) is 128 Å². The maximum absolute atomic E-state index is 13.2. The number of nitrogens with one attached hydrogen (secondary N) is 1. The van der Waals surface area contributed by atoms with Crippen LogP contribution < -0.4 is 5.32 Å². The SMILES string of the molecule is CC/C=C\C/C=C\C/C=C\C/C=C\C/C=C\C/C=C\C/C=C\C/C=C\C/C=C\C/C=C\C/C=C\C/C=C\CCCCCCC(=O)NC(COC1OC(CO)C(O)C(O)C1O)C(O)CCCCCCCCCCCCCCCCCCCCCCCCCCCCCCC. The monoisotopic (exact) mass is 1290 g/mol. The summed E-state index contributed by atoms with van der Waals surface area (Å²) >= 11 is 0. The summed E-state index contributed by atoms with van der Waals surface area (Å²) in [7, 11) is 0. The van der Waals surface area contributed by atoms with E-state index in [2.05, 4.69) is 165 Å². The van der Waals surface area contributed by atoms with Gasteiger partial charge in [-0.3, -0.25) is 4.79 Å². The minimum atomic E-state index is -1.57. The molecule has 0 aromatic heterocycles. The van der Waals surface area contributed by atoms with Crippen molar-refractivity contribution in [1.82, 2.24) is 5.32 Å². The molecule has 93 heavy (non-hydrogen) atoms. The van der Waals surface area contributed by atoms with Gasteiger partial charge < -0.3 is 40.3 Å². The number of aliphatic hydroxyl groups is 5. The molecule has 0 aliphatic carbocycles. The van der Waals surface area contributed by atoms with E-state index in [-0.39, 0.29) is 12.5 Å². The lowest BCUT2D eigenvalue weighted by Crippen LogP contribution is -2.60. The number of ether oxygens (including phenoxy) is 2. The Bertz CT molecular complexity index is 1990. The Balaban J connectivity index is 2.15. The van der Waals surface area contributed by atoms with Gasteiger partial charge in [-0.25, -0.2) is 0 Å². The van der Waals surface area contributed by atoms with Crippen molar-refractivity contribution in [3.8, 4) is 0 Å². The number of hydrogen-bond donors (Lipinski definition) is 6. The highest BCUT2D eigenvalue weighted by molar-refractivity contribution is 5.76. The summed E-state index contributed by atoms with van der Waals surface area (Å²) in [5.41, 5.74) is 0. The summed E-state index contributed by atoms with van der Waals surface area (Å²) in [4.78, 5) is 13.2. The van der Waals surface area contributed by atoms with E-state index in [1.807, 2.05) is 0 Å². The summed E-state index contributed by atoms with van der Waals surface area (Å²) in [5.74, 6) is -0.170. The molecule has 7 atom stereocenters. The van der Waals surface area contributed by atoms with Crippen LogP contribution in [0.5, 0.6) is 0 Å². The molecule has 0 radical (unpaired) electrons. The summed E-state index contributed by atoms with van der Waals surface area (Å²) < 4.78 is 11.4. The molecule has 9 nitrogen and oxygen atoms in total. The van der Waals surface area contributed by atoms with Crippen LogP contribution in [0.2, 0.25) is 0 Å². The van der Waals surface area contributed by atoms with Crippen LogP contribution in [0.3, 0.4) is 0 Å². The highest BCUT2D eigenvalue weighted by Crippen LogP contribution is 2.24. The van der Waals surface area contributed by atoms with Gasteiger partial charge >= 0.3 is 0 Å². The van der Waals surface area contributed by atoms with Gasteiger partial charge in [0.1, 0.15) is 24.4 Å². The molecule has 0 aromatic rings. The van der Waals surface area contributed by atoms with Gasteiger partial charge in [0.2, 0.25) is 5.91 Å². The zero-order chi connectivity index (χ0) is 67.1. The number of amides is 1. The Morgan fingerprint density at radius 1 is 0.376 bits per heavy atom. The number of unbranched alkanes of at least 4 members (excludes halogenated alkanes) is 32. The van der Waals surface area contributed by atoms with E-state index < -0.39 is 49.5 Å². The third-order valence-electron chi connectivity index (χ3n) is 17.5. The molecule has 1 saturated heterocycles. The molecular formula is C84H143NO8. The van der Waals surface area contributed by atoms with Gasteiger partial charge in [-0.2, -0.15) is 0 Å². The van der Waals surface area contributed by atoms with E-state index in [9.17, 15) is 30.3 Å². The van der Waals surface area contributed by atoms with E-state index in [4.69, 9.17) is 9.47 Å². The highest BCUT2D eigenvalue weighted by atomic mass is 16.7. The zero-order valence-electron chi connectivity index (χ0n) is 59.7. The third kappa shape index (κ3) is 59.1. The average molecular weight is 1300 g/mol. The van der Waals surface area contributed by atoms with Crippen LogP contribution in [0.1, 0.15) is 322 Å². The molecule has 7 unspecified atom stereocenters. The fourth-order valence-corrected chi connectivity index (χ4v) is 11.5. The fraction of sp³-hybridized carbons (Fsp3) is 0.702. The summed E-state index contributed by atoms with van der Waals surface area (Å²) in [6.07, 6.45) is 102. The lowest BCUT2D eigenvalue weighted by molar-refractivity contribution is -0.302. The first kappa shape index (κ1) is 87.1. The van der Waals surface area contributed by atoms with Gasteiger partial charge in [0, 0.05) is 6.42 Å². The maximum Gasteiger partial charge on any atom is 0.220 e. The summed E-state index contributed by atoms with van der Waals surface area (Å²) in [5, 5.41) is 55.0. The minimum Gasteiger partial charge on any atom is -0.394 e. The van der Waals surface area contributed by atoms with Crippen LogP contribution in [0, 0.1) is 0 Å². The van der Waals surface area contributed by atoms with Gasteiger partial charge in [-0.1, -0.05) is 359 Å². The lowest BCUT2D eigenvalue weighted by Gasteiger charge is -2.40. The quantitative estimate of drug-likeness (QED) is 0.0261. The van der Waals surface area contributed by atoms with Gasteiger partial charge in [0.05, 0.1) is 25.4 Å². The molecule has 1 heterocycles. The fourth-order valence-electron chi connectivity index (χ4n) is 11.5. The van der Waals surface area contributed by atoms with Crippen molar-refractivity contribution in [3.63, 3.8) is 0 Å². The predicted molar refractivity (Wildman–Crippen MR) is 400 cm³/mol. The standard InChI is InChI=1S/C84H143NO8/c1-3-5-7-9-11-13-15-17-19-21-23-25-27-29-31-33-34-35-36-37-38-39-40-41-42-43-44-46-48-50-52-54-56-58-60-62-64-66-68-70-72-74-80(88)85-77(76-92-84-83(91)82(90)81(89)79(75-86)93-84)78(87)73-71-69-67-65-63-61-59-57-55-53-51-49-47-45-32-30-28-26-24-22-20-18-16-14-12-10-8-6-4-2/h5,7,11,13,17,19,23,25,29,31,34-35,37-38,40-41,43-44,48,50,54,56,60,62,77-79,81-84,86-87,89-91H,3-4,6,8-10,12,14-16,18,20-22,24,26-28,30,32-33,36,39,42,45-47,49,51-53,55,57-59,61,63-76H2,1-2H3,(H,85,88)/b7-5-,13-11-,19-17-,25-23-,31-29-,35-34-,38-37-,41-40-,44-43-,50-48-,56-54-,62-60-. The first-order chi connectivity index (χ1) is 45.8. The van der Waals surface area contributed by atoms with Crippen molar-refractivity contribution in [2.45, 2.75) is 365 Å². The van der Waals surface area contributed by atoms with Crippen LogP contribution in [0.15, 0.2) is 146 Å². The number of carbonyl (C=O) groups is 1. The Kier molecular flexibility index (Phi) is 66.3. The molecule has 1 aliphatic heterocycles. The number of allylic oxidation sites excluding steroid dienone is 24. The maximum atomic E-state index is 13.2. The third-order valence-corrected chi connectivity index (χ3v) is 17.5. The van der Waals surface area contributed by atoms with Crippen LogP contribution in [-0.2, 0) is 14.3 Å². The zero-order valence-corrected chi connectivity index (χ0v) is 59.7. The molecule has 1 amide bonds. The molecule has 0 spiro atoms. The molecule has 0 aromatic carbocycles. The van der Waals surface area contributed by atoms with Crippen molar-refractivity contribution in [3.05, 3.63) is 146 Å². The summed E-state index contributed by atoms with van der Waals surface area (Å²) in [6, 6.07) is -0.746. The van der Waals surface area contributed by atoms with Crippen molar-refractivity contribution >= 4 is 5.91 Å². The predicted octanol–water partition coefficient (Wildman–Crippen LogP) is 22.1. The van der Waals surface area contributed by atoms with E-state index in [1.165, 1.54) is 167 Å². The largest absolute Gasteiger partial charge is 0.394 e. The first-order valence-corrected chi connectivity index (χ1v) is 38.5. The molecule has 6 N–H and O–H groups in total. The van der Waals surface area contributed by atoms with Crippen LogP contribution in [0.25, 0.3) is 0 Å². The van der Waals surface area contributed by atoms with E-state index in [1.54, 1.807) is 0 Å². The second-order valence-corrected chi connectivity index (χ2v) is 26.1. The Hall–Kier alpha value is -3.93. The molecule has 1 rings (SSSR count). The molecule has 9 heteroatoms. The van der Waals surface area contributed by atoms with Gasteiger partial charge in [-0.05, 0) is 103 Å². The topological polar surface area (TPSA) is 149 Å². The van der Waals surface area contributed by atoms with Crippen molar-refractivity contribution in [1.29, 1.82) is 0 Å². The number of rotatable bonds is 66. The van der Waals surface area contributed by atoms with Crippen molar-refractivity contribution in [2.75, 3.05) is 13.2 Å². The second kappa shape index (κ2) is 70.9. The van der Waals surface area contributed by atoms with E-state index >= 15 is 0 Å². The smallest absolute Gasteiger partial charge is 0.220 e. The van der Waals surface area contributed by atoms with Gasteiger partial charge in [-0.15, -0.1) is 0 Å². The first-order valence-electron chi connectivity index (χ1n) is 38.5. The molecular weight excluding hydrogens is 1150 g/mol. The number of aliphatic hydroxyl groups excluding tert-OH is 5. The van der Waals surface area contributed by atoms with Crippen molar-refractivity contribution in [2.24, 2.45) is 0 Å². The Morgan fingerprint density at radius 3 is 0.989 bits per heavy atom. The van der Waals surface area contributed by atoms with Gasteiger partial charge in [0.25, 0.3) is 0 Å². The minimum absolute atomic E-state index is 0.156. The molecule has 1 aliphatic rings. The lowest BCUT2D eigenvalue weighted by atomic mass is 9.99. The number of carbonyl (C=O) groups excluding carboxylic acids is 1. The van der Waals surface area contributed by atoms with Crippen LogP contribution >= 0.6 is 0 Å².